The van der Waals surface area contributed by atoms with E-state index in [4.69, 9.17) is 4.42 Å². The third kappa shape index (κ3) is 2.12. The first kappa shape index (κ1) is 10.0. The summed E-state index contributed by atoms with van der Waals surface area (Å²) in [7, 11) is 1.99. The normalized spacial score (nSPS) is 15.6. The third-order valence-corrected chi connectivity index (χ3v) is 2.79. The number of hydrogen-bond acceptors (Lipinski definition) is 3. The van der Waals surface area contributed by atoms with Gasteiger partial charge in [-0.2, -0.15) is 0 Å². The van der Waals surface area contributed by atoms with Gasteiger partial charge in [-0.25, -0.2) is 0 Å². The summed E-state index contributed by atoms with van der Waals surface area (Å²) in [4.78, 5) is 13.2. The van der Waals surface area contributed by atoms with Gasteiger partial charge in [-0.15, -0.1) is 0 Å². The standard InChI is InChI=1S/C12H15NO2/c1-9-5-6-15-12(9)8-13(2)10-3-4-11(14)7-10/h5-7H,3-4,8H2,1-2H3. The van der Waals surface area contributed by atoms with Crippen LogP contribution in [0.1, 0.15) is 24.2 Å². The fourth-order valence-electron chi connectivity index (χ4n) is 1.77. The Morgan fingerprint density at radius 1 is 1.47 bits per heavy atom. The molecule has 0 amide bonds. The first-order chi connectivity index (χ1) is 7.16. The van der Waals surface area contributed by atoms with Crippen LogP contribution in [0.25, 0.3) is 0 Å². The van der Waals surface area contributed by atoms with Crippen molar-refractivity contribution in [2.75, 3.05) is 7.05 Å². The van der Waals surface area contributed by atoms with Crippen molar-refractivity contribution in [3.05, 3.63) is 35.4 Å². The number of hydrogen-bond donors (Lipinski definition) is 0. The molecule has 0 saturated heterocycles. The lowest BCUT2D eigenvalue weighted by Crippen LogP contribution is -2.16. The smallest absolute Gasteiger partial charge is 0.157 e. The molecule has 3 nitrogen and oxygen atoms in total. The molecular weight excluding hydrogens is 190 g/mol. The van der Waals surface area contributed by atoms with Crippen molar-refractivity contribution in [1.82, 2.24) is 4.90 Å². The maximum absolute atomic E-state index is 11.1. The summed E-state index contributed by atoms with van der Waals surface area (Å²) in [6.45, 7) is 2.76. The highest BCUT2D eigenvalue weighted by Gasteiger charge is 2.16. The number of carbonyl (C=O) groups excluding carboxylic acids is 1. The second-order valence-corrected chi connectivity index (χ2v) is 3.98. The molecule has 0 spiro atoms. The number of allylic oxidation sites excluding steroid dienone is 2. The summed E-state index contributed by atoms with van der Waals surface area (Å²) in [5, 5.41) is 0. The van der Waals surface area contributed by atoms with E-state index < -0.39 is 0 Å². The van der Waals surface area contributed by atoms with Crippen LogP contribution in [0.4, 0.5) is 0 Å². The minimum atomic E-state index is 0.230. The molecule has 0 N–H and O–H groups in total. The number of ketones is 1. The van der Waals surface area contributed by atoms with Gasteiger partial charge in [0, 0.05) is 25.2 Å². The zero-order valence-corrected chi connectivity index (χ0v) is 9.12. The van der Waals surface area contributed by atoms with E-state index in [9.17, 15) is 4.79 Å². The number of aryl methyl sites for hydroxylation is 1. The first-order valence-corrected chi connectivity index (χ1v) is 5.14. The highest BCUT2D eigenvalue weighted by Crippen LogP contribution is 2.21. The van der Waals surface area contributed by atoms with Crippen LogP contribution in [-0.4, -0.2) is 17.7 Å². The maximum atomic E-state index is 11.1. The molecule has 0 atom stereocenters. The van der Waals surface area contributed by atoms with Crippen LogP contribution in [0.5, 0.6) is 0 Å². The summed E-state index contributed by atoms with van der Waals surface area (Å²) >= 11 is 0. The summed E-state index contributed by atoms with van der Waals surface area (Å²) in [6.07, 6.45) is 4.94. The van der Waals surface area contributed by atoms with Crippen molar-refractivity contribution in [1.29, 1.82) is 0 Å². The van der Waals surface area contributed by atoms with Crippen LogP contribution in [0.3, 0.4) is 0 Å². The van der Waals surface area contributed by atoms with Gasteiger partial charge in [0.2, 0.25) is 0 Å². The minimum Gasteiger partial charge on any atom is -0.467 e. The number of furan rings is 1. The van der Waals surface area contributed by atoms with Crippen LogP contribution in [0.2, 0.25) is 0 Å². The molecule has 2 rings (SSSR count). The van der Waals surface area contributed by atoms with Crippen molar-refractivity contribution in [2.24, 2.45) is 0 Å². The molecule has 0 aromatic carbocycles. The van der Waals surface area contributed by atoms with Gasteiger partial charge >= 0.3 is 0 Å². The lowest BCUT2D eigenvalue weighted by molar-refractivity contribution is -0.114. The van der Waals surface area contributed by atoms with Crippen molar-refractivity contribution < 1.29 is 9.21 Å². The van der Waals surface area contributed by atoms with E-state index in [1.807, 2.05) is 20.0 Å². The van der Waals surface area contributed by atoms with Gasteiger partial charge in [0.05, 0.1) is 12.8 Å². The zero-order valence-electron chi connectivity index (χ0n) is 9.12. The zero-order chi connectivity index (χ0) is 10.8. The van der Waals surface area contributed by atoms with Crippen LogP contribution in [0, 0.1) is 6.92 Å². The molecule has 1 aliphatic carbocycles. The highest BCUT2D eigenvalue weighted by atomic mass is 16.3. The third-order valence-electron chi connectivity index (χ3n) is 2.79. The monoisotopic (exact) mass is 205 g/mol. The maximum Gasteiger partial charge on any atom is 0.157 e. The molecule has 0 unspecified atom stereocenters. The highest BCUT2D eigenvalue weighted by molar-refractivity contribution is 5.92. The van der Waals surface area contributed by atoms with Gasteiger partial charge in [-0.3, -0.25) is 4.79 Å². The molecule has 0 aliphatic heterocycles. The van der Waals surface area contributed by atoms with Crippen LogP contribution in [0.15, 0.2) is 28.5 Å². The van der Waals surface area contributed by atoms with E-state index in [-0.39, 0.29) is 5.78 Å². The SMILES string of the molecule is Cc1ccoc1CN(C)C1=CC(=O)CC1. The van der Waals surface area contributed by atoms with E-state index in [1.54, 1.807) is 12.3 Å². The van der Waals surface area contributed by atoms with Crippen LogP contribution < -0.4 is 0 Å². The molecule has 0 radical (unpaired) electrons. The topological polar surface area (TPSA) is 33.5 Å². The average molecular weight is 205 g/mol. The van der Waals surface area contributed by atoms with Gasteiger partial charge in [-0.05, 0) is 25.0 Å². The predicted molar refractivity (Wildman–Crippen MR) is 57.2 cm³/mol. The molecule has 80 valence electrons. The Kier molecular flexibility index (Phi) is 2.62. The molecule has 1 aliphatic rings. The second-order valence-electron chi connectivity index (χ2n) is 3.98. The summed E-state index contributed by atoms with van der Waals surface area (Å²) in [5.41, 5.74) is 2.27. The van der Waals surface area contributed by atoms with E-state index >= 15 is 0 Å². The quantitative estimate of drug-likeness (QED) is 0.759. The largest absolute Gasteiger partial charge is 0.467 e. The van der Waals surface area contributed by atoms with Crippen LogP contribution in [-0.2, 0) is 11.3 Å². The van der Waals surface area contributed by atoms with Crippen molar-refractivity contribution in [3.8, 4) is 0 Å². The van der Waals surface area contributed by atoms with E-state index in [0.29, 0.717) is 6.42 Å². The van der Waals surface area contributed by atoms with Crippen LogP contribution >= 0.6 is 0 Å². The molecular formula is C12H15NO2. The Labute approximate surface area is 89.4 Å². The summed E-state index contributed by atoms with van der Waals surface area (Å²) < 4.78 is 5.37. The molecule has 0 bridgehead atoms. The first-order valence-electron chi connectivity index (χ1n) is 5.14. The summed E-state index contributed by atoms with van der Waals surface area (Å²) in [6, 6.07) is 1.96. The molecule has 3 heteroatoms. The second kappa shape index (κ2) is 3.93. The van der Waals surface area contributed by atoms with Gasteiger partial charge < -0.3 is 9.32 Å². The number of nitrogens with zero attached hydrogens (tertiary/aromatic N) is 1. The molecule has 0 fully saturated rings. The fourth-order valence-corrected chi connectivity index (χ4v) is 1.77. The Morgan fingerprint density at radius 2 is 2.27 bits per heavy atom. The lowest BCUT2D eigenvalue weighted by Gasteiger charge is -2.19. The van der Waals surface area contributed by atoms with E-state index in [0.717, 1.165) is 30.0 Å². The molecule has 1 heterocycles. The van der Waals surface area contributed by atoms with Gasteiger partial charge in [0.1, 0.15) is 5.76 Å². The Bertz CT molecular complexity index is 404. The lowest BCUT2D eigenvalue weighted by atomic mass is 10.2. The van der Waals surface area contributed by atoms with Gasteiger partial charge in [0.15, 0.2) is 5.78 Å². The number of carbonyl (C=O) groups is 1. The summed E-state index contributed by atoms with van der Waals surface area (Å²) in [5.74, 6) is 1.20. The van der Waals surface area contributed by atoms with Crippen molar-refractivity contribution in [2.45, 2.75) is 26.3 Å². The minimum absolute atomic E-state index is 0.230. The average Bonchev–Trinajstić information content (AvgIpc) is 2.77. The van der Waals surface area contributed by atoms with E-state index in [2.05, 4.69) is 4.90 Å². The van der Waals surface area contributed by atoms with Gasteiger partial charge in [-0.1, -0.05) is 0 Å². The molecule has 15 heavy (non-hydrogen) atoms. The molecule has 1 aromatic rings. The number of rotatable bonds is 3. The molecule has 0 saturated carbocycles. The fraction of sp³-hybridized carbons (Fsp3) is 0.417. The Hall–Kier alpha value is -1.51. The van der Waals surface area contributed by atoms with Crippen molar-refractivity contribution >= 4 is 5.78 Å². The Morgan fingerprint density at radius 3 is 2.80 bits per heavy atom. The molecule has 1 aromatic heterocycles. The Balaban J connectivity index is 2.04. The van der Waals surface area contributed by atoms with E-state index in [1.165, 1.54) is 0 Å². The van der Waals surface area contributed by atoms with Crippen molar-refractivity contribution in [3.63, 3.8) is 0 Å². The van der Waals surface area contributed by atoms with Gasteiger partial charge in [0.25, 0.3) is 0 Å². The predicted octanol–water partition coefficient (Wildman–Crippen LogP) is 2.27.